The average molecular weight is 331 g/mol. The molecule has 96 valence electrons. The maximum atomic E-state index is 12.0. The summed E-state index contributed by atoms with van der Waals surface area (Å²) in [6.07, 6.45) is 1.70. The average Bonchev–Trinajstić information content (AvgIpc) is 2.83. The second-order valence-electron chi connectivity index (χ2n) is 3.53. The van der Waals surface area contributed by atoms with Crippen LogP contribution in [-0.2, 0) is 7.05 Å². The molecule has 0 spiro atoms. The van der Waals surface area contributed by atoms with Gasteiger partial charge in [-0.3, -0.25) is 10.1 Å². The summed E-state index contributed by atoms with van der Waals surface area (Å²) in [4.78, 5) is 17.1. The van der Waals surface area contributed by atoms with E-state index in [0.29, 0.717) is 15.5 Å². The van der Waals surface area contributed by atoms with Crippen LogP contribution in [0.25, 0.3) is 0 Å². The van der Waals surface area contributed by atoms with Gasteiger partial charge in [0.25, 0.3) is 5.91 Å². The van der Waals surface area contributed by atoms with Crippen LogP contribution in [0.2, 0.25) is 0 Å². The monoisotopic (exact) mass is 330 g/mol. The SMILES string of the molecule is COc1c(Br)c(C(=O)Nc2ncc(C)s2)nn1C. The number of nitrogens with zero attached hydrogens (tertiary/aromatic N) is 3. The molecule has 2 heterocycles. The van der Waals surface area contributed by atoms with Crippen LogP contribution in [0.5, 0.6) is 5.88 Å². The molecule has 0 bridgehead atoms. The van der Waals surface area contributed by atoms with E-state index in [1.807, 2.05) is 6.92 Å². The molecule has 2 aromatic heterocycles. The summed E-state index contributed by atoms with van der Waals surface area (Å²) < 4.78 is 7.14. The highest BCUT2D eigenvalue weighted by Gasteiger charge is 2.21. The molecule has 0 unspecified atom stereocenters. The molecule has 0 aromatic carbocycles. The van der Waals surface area contributed by atoms with Gasteiger partial charge in [0.2, 0.25) is 5.88 Å². The smallest absolute Gasteiger partial charge is 0.279 e. The van der Waals surface area contributed by atoms with Crippen LogP contribution in [-0.4, -0.2) is 27.8 Å². The number of nitrogens with one attached hydrogen (secondary N) is 1. The molecule has 2 rings (SSSR count). The topological polar surface area (TPSA) is 69.0 Å². The first kappa shape index (κ1) is 13.0. The zero-order chi connectivity index (χ0) is 13.3. The Bertz CT molecular complexity index is 593. The zero-order valence-electron chi connectivity index (χ0n) is 10.0. The van der Waals surface area contributed by atoms with E-state index in [4.69, 9.17) is 4.74 Å². The molecule has 1 N–H and O–H groups in total. The molecule has 0 atom stereocenters. The first-order valence-corrected chi connectivity index (χ1v) is 6.64. The Morgan fingerprint density at radius 2 is 2.33 bits per heavy atom. The molecule has 6 nitrogen and oxygen atoms in total. The van der Waals surface area contributed by atoms with Crippen LogP contribution < -0.4 is 10.1 Å². The number of carbonyl (C=O) groups is 1. The Morgan fingerprint density at radius 3 is 2.83 bits per heavy atom. The van der Waals surface area contributed by atoms with Gasteiger partial charge < -0.3 is 4.74 Å². The van der Waals surface area contributed by atoms with E-state index in [1.54, 1.807) is 13.2 Å². The second-order valence-corrected chi connectivity index (χ2v) is 5.55. The Labute approximate surface area is 116 Å². The summed E-state index contributed by atoms with van der Waals surface area (Å²) in [5, 5.41) is 7.34. The summed E-state index contributed by atoms with van der Waals surface area (Å²) in [6, 6.07) is 0. The third-order valence-corrected chi connectivity index (χ3v) is 3.73. The number of hydrogen-bond acceptors (Lipinski definition) is 5. The molecule has 0 aliphatic heterocycles. The van der Waals surface area contributed by atoms with Gasteiger partial charge in [-0.25, -0.2) is 9.67 Å². The van der Waals surface area contributed by atoms with E-state index < -0.39 is 0 Å². The van der Waals surface area contributed by atoms with E-state index in [1.165, 1.54) is 23.1 Å². The van der Waals surface area contributed by atoms with Crippen LogP contribution in [0.4, 0.5) is 5.13 Å². The number of carbonyl (C=O) groups excluding carboxylic acids is 1. The Morgan fingerprint density at radius 1 is 1.61 bits per heavy atom. The number of methoxy groups -OCH3 is 1. The molecular formula is C10H11BrN4O2S. The van der Waals surface area contributed by atoms with Gasteiger partial charge >= 0.3 is 0 Å². The summed E-state index contributed by atoms with van der Waals surface area (Å²) in [6.45, 7) is 1.92. The molecule has 0 radical (unpaired) electrons. The zero-order valence-corrected chi connectivity index (χ0v) is 12.4. The first-order chi connectivity index (χ1) is 8.52. The maximum Gasteiger partial charge on any atom is 0.279 e. The molecule has 1 amide bonds. The van der Waals surface area contributed by atoms with Crippen LogP contribution in [0, 0.1) is 6.92 Å². The molecular weight excluding hydrogens is 320 g/mol. The molecule has 0 saturated carbocycles. The van der Waals surface area contributed by atoms with Crippen molar-refractivity contribution in [3.63, 3.8) is 0 Å². The van der Waals surface area contributed by atoms with Gasteiger partial charge in [0.05, 0.1) is 7.11 Å². The fraction of sp³-hybridized carbons (Fsp3) is 0.300. The number of hydrogen-bond donors (Lipinski definition) is 1. The molecule has 0 aliphatic carbocycles. The fourth-order valence-corrected chi connectivity index (χ4v) is 2.76. The molecule has 2 aromatic rings. The normalized spacial score (nSPS) is 10.4. The molecule has 0 fully saturated rings. The molecule has 8 heteroatoms. The number of aromatic nitrogens is 3. The second kappa shape index (κ2) is 5.07. The number of halogens is 1. The number of amides is 1. The lowest BCUT2D eigenvalue weighted by atomic mass is 10.4. The van der Waals surface area contributed by atoms with Crippen molar-refractivity contribution in [2.45, 2.75) is 6.92 Å². The third-order valence-electron chi connectivity index (χ3n) is 2.19. The third kappa shape index (κ3) is 2.39. The standard InChI is InChI=1S/C10H11BrN4O2S/c1-5-4-12-10(18-5)13-8(16)7-6(11)9(17-3)15(2)14-7/h4H,1-3H3,(H,12,13,16). The Balaban J connectivity index is 2.24. The quantitative estimate of drug-likeness (QED) is 0.936. The Hall–Kier alpha value is -1.41. The Kier molecular flexibility index (Phi) is 3.67. The lowest BCUT2D eigenvalue weighted by molar-refractivity contribution is 0.102. The molecule has 0 saturated heterocycles. The first-order valence-electron chi connectivity index (χ1n) is 5.03. The van der Waals surface area contributed by atoms with Gasteiger partial charge in [-0.05, 0) is 22.9 Å². The van der Waals surface area contributed by atoms with Gasteiger partial charge in [0.1, 0.15) is 4.47 Å². The van der Waals surface area contributed by atoms with Crippen LogP contribution >= 0.6 is 27.3 Å². The summed E-state index contributed by atoms with van der Waals surface area (Å²) in [5.41, 5.74) is 0.266. The van der Waals surface area contributed by atoms with Crippen molar-refractivity contribution in [3.05, 3.63) is 21.2 Å². The van der Waals surface area contributed by atoms with E-state index >= 15 is 0 Å². The summed E-state index contributed by atoms with van der Waals surface area (Å²) >= 11 is 4.70. The highest BCUT2D eigenvalue weighted by Crippen LogP contribution is 2.28. The van der Waals surface area contributed by atoms with E-state index in [-0.39, 0.29) is 11.6 Å². The maximum absolute atomic E-state index is 12.0. The van der Waals surface area contributed by atoms with Crippen molar-refractivity contribution in [3.8, 4) is 5.88 Å². The van der Waals surface area contributed by atoms with Gasteiger partial charge in [0.15, 0.2) is 10.8 Å². The molecule has 0 aliphatic rings. The predicted molar refractivity (Wildman–Crippen MR) is 72.3 cm³/mol. The number of aryl methyl sites for hydroxylation is 2. The van der Waals surface area contributed by atoms with E-state index in [0.717, 1.165) is 4.88 Å². The minimum atomic E-state index is -0.324. The minimum Gasteiger partial charge on any atom is -0.480 e. The number of ether oxygens (including phenoxy) is 1. The van der Waals surface area contributed by atoms with Crippen molar-refractivity contribution in [1.29, 1.82) is 0 Å². The number of thiazole rings is 1. The van der Waals surface area contributed by atoms with Crippen LogP contribution in [0.3, 0.4) is 0 Å². The van der Waals surface area contributed by atoms with Crippen molar-refractivity contribution in [2.75, 3.05) is 12.4 Å². The van der Waals surface area contributed by atoms with Crippen molar-refractivity contribution in [1.82, 2.24) is 14.8 Å². The van der Waals surface area contributed by atoms with E-state index in [9.17, 15) is 4.79 Å². The van der Waals surface area contributed by atoms with Crippen molar-refractivity contribution in [2.24, 2.45) is 7.05 Å². The number of anilines is 1. The van der Waals surface area contributed by atoms with Crippen molar-refractivity contribution >= 4 is 38.3 Å². The van der Waals surface area contributed by atoms with Crippen molar-refractivity contribution < 1.29 is 9.53 Å². The minimum absolute atomic E-state index is 0.266. The van der Waals surface area contributed by atoms with Gasteiger partial charge in [-0.1, -0.05) is 0 Å². The van der Waals surface area contributed by atoms with Gasteiger partial charge in [-0.2, -0.15) is 5.10 Å². The largest absolute Gasteiger partial charge is 0.480 e. The molecule has 18 heavy (non-hydrogen) atoms. The number of rotatable bonds is 3. The van der Waals surface area contributed by atoms with Gasteiger partial charge in [0, 0.05) is 18.1 Å². The predicted octanol–water partition coefficient (Wildman–Crippen LogP) is 2.21. The lowest BCUT2D eigenvalue weighted by Gasteiger charge is -1.99. The van der Waals surface area contributed by atoms with Crippen LogP contribution in [0.1, 0.15) is 15.4 Å². The fourth-order valence-electron chi connectivity index (χ4n) is 1.42. The van der Waals surface area contributed by atoms with Gasteiger partial charge in [-0.15, -0.1) is 11.3 Å². The van der Waals surface area contributed by atoms with E-state index in [2.05, 4.69) is 31.3 Å². The lowest BCUT2D eigenvalue weighted by Crippen LogP contribution is -2.13. The summed E-state index contributed by atoms with van der Waals surface area (Å²) in [7, 11) is 3.22. The highest BCUT2D eigenvalue weighted by atomic mass is 79.9. The summed E-state index contributed by atoms with van der Waals surface area (Å²) in [5.74, 6) is 0.172. The highest BCUT2D eigenvalue weighted by molar-refractivity contribution is 9.10. The van der Waals surface area contributed by atoms with Crippen LogP contribution in [0.15, 0.2) is 10.7 Å².